The molecule has 2 rings (SSSR count). The summed E-state index contributed by atoms with van der Waals surface area (Å²) in [5, 5.41) is 9.23. The van der Waals surface area contributed by atoms with Crippen molar-refractivity contribution in [2.24, 2.45) is 0 Å². The summed E-state index contributed by atoms with van der Waals surface area (Å²) in [6.07, 6.45) is 5.04. The van der Waals surface area contributed by atoms with Crippen molar-refractivity contribution in [3.63, 3.8) is 0 Å². The molecule has 1 unspecified atom stereocenters. The first kappa shape index (κ1) is 20.0. The first-order valence-electron chi connectivity index (χ1n) is 9.69. The Balaban J connectivity index is 2.19. The standard InChI is InChI=1S/C23H30O3/c1-3-10-19-15-9-16-21(20(19)11-4-2)22(26-23(24)25)17-8-14-18-12-6-5-7-13-18/h5-7,9,12-13,15-16,22H,3-4,8,10-11,14,17H2,1-2H3,(H,24,25). The van der Waals surface area contributed by atoms with Gasteiger partial charge in [-0.2, -0.15) is 0 Å². The highest BCUT2D eigenvalue weighted by molar-refractivity contribution is 5.57. The van der Waals surface area contributed by atoms with E-state index in [4.69, 9.17) is 4.74 Å². The lowest BCUT2D eigenvalue weighted by molar-refractivity contribution is 0.0463. The van der Waals surface area contributed by atoms with E-state index in [0.717, 1.165) is 44.1 Å². The number of hydrogen-bond donors (Lipinski definition) is 1. The average Bonchev–Trinajstić information content (AvgIpc) is 2.63. The first-order valence-corrected chi connectivity index (χ1v) is 9.69. The molecule has 1 atom stereocenters. The van der Waals surface area contributed by atoms with Gasteiger partial charge in [0.2, 0.25) is 0 Å². The van der Waals surface area contributed by atoms with Gasteiger partial charge in [-0.15, -0.1) is 0 Å². The van der Waals surface area contributed by atoms with Crippen LogP contribution in [-0.4, -0.2) is 11.3 Å². The highest BCUT2D eigenvalue weighted by atomic mass is 16.7. The fraction of sp³-hybridized carbons (Fsp3) is 0.435. The largest absolute Gasteiger partial charge is 0.506 e. The predicted molar refractivity (Wildman–Crippen MR) is 106 cm³/mol. The van der Waals surface area contributed by atoms with Crippen LogP contribution in [0.25, 0.3) is 0 Å². The molecule has 0 heterocycles. The Morgan fingerprint density at radius 3 is 2.35 bits per heavy atom. The minimum Gasteiger partial charge on any atom is -0.450 e. The molecule has 0 saturated carbocycles. The summed E-state index contributed by atoms with van der Waals surface area (Å²) in [7, 11) is 0. The number of aryl methyl sites for hydroxylation is 2. The fourth-order valence-corrected chi connectivity index (χ4v) is 3.55. The third kappa shape index (κ3) is 5.91. The van der Waals surface area contributed by atoms with Crippen LogP contribution in [0, 0.1) is 0 Å². The highest BCUT2D eigenvalue weighted by Gasteiger charge is 2.20. The van der Waals surface area contributed by atoms with E-state index in [1.165, 1.54) is 16.7 Å². The normalized spacial score (nSPS) is 11.9. The second-order valence-electron chi connectivity index (χ2n) is 6.74. The maximum atomic E-state index is 11.3. The van der Waals surface area contributed by atoms with Crippen molar-refractivity contribution in [3.05, 3.63) is 70.8 Å². The van der Waals surface area contributed by atoms with Crippen molar-refractivity contribution in [1.29, 1.82) is 0 Å². The second-order valence-corrected chi connectivity index (χ2v) is 6.74. The Hall–Kier alpha value is -2.29. The van der Waals surface area contributed by atoms with E-state index in [2.05, 4.69) is 32.0 Å². The maximum Gasteiger partial charge on any atom is 0.506 e. The summed E-state index contributed by atoms with van der Waals surface area (Å²) < 4.78 is 5.31. The number of benzene rings is 2. The van der Waals surface area contributed by atoms with Gasteiger partial charge in [0.1, 0.15) is 6.10 Å². The molecule has 3 nitrogen and oxygen atoms in total. The van der Waals surface area contributed by atoms with Gasteiger partial charge in [-0.25, -0.2) is 4.79 Å². The van der Waals surface area contributed by atoms with E-state index in [0.29, 0.717) is 6.42 Å². The molecular formula is C23H30O3. The summed E-state index contributed by atoms with van der Waals surface area (Å²) in [6.45, 7) is 4.34. The summed E-state index contributed by atoms with van der Waals surface area (Å²) in [6, 6.07) is 16.5. The average molecular weight is 354 g/mol. The molecule has 0 spiro atoms. The number of carbonyl (C=O) groups is 1. The quantitative estimate of drug-likeness (QED) is 0.506. The third-order valence-electron chi connectivity index (χ3n) is 4.69. The molecule has 140 valence electrons. The van der Waals surface area contributed by atoms with Gasteiger partial charge < -0.3 is 9.84 Å². The molecule has 0 aromatic heterocycles. The smallest absolute Gasteiger partial charge is 0.450 e. The molecule has 0 aliphatic rings. The predicted octanol–water partition coefficient (Wildman–Crippen LogP) is 6.35. The Morgan fingerprint density at radius 2 is 1.69 bits per heavy atom. The summed E-state index contributed by atoms with van der Waals surface area (Å²) >= 11 is 0. The molecule has 26 heavy (non-hydrogen) atoms. The SMILES string of the molecule is CCCc1cccc(C(CCCc2ccccc2)OC(=O)O)c1CCC. The monoisotopic (exact) mass is 354 g/mol. The van der Waals surface area contributed by atoms with Crippen LogP contribution in [0.3, 0.4) is 0 Å². The number of carboxylic acid groups (broad SMARTS) is 1. The van der Waals surface area contributed by atoms with Gasteiger partial charge in [0, 0.05) is 0 Å². The van der Waals surface area contributed by atoms with Gasteiger partial charge >= 0.3 is 6.16 Å². The summed E-state index contributed by atoms with van der Waals surface area (Å²) in [4.78, 5) is 11.3. The van der Waals surface area contributed by atoms with Crippen LogP contribution in [0.5, 0.6) is 0 Å². The van der Waals surface area contributed by atoms with E-state index in [9.17, 15) is 9.90 Å². The molecule has 0 fully saturated rings. The van der Waals surface area contributed by atoms with E-state index in [-0.39, 0.29) is 0 Å². The van der Waals surface area contributed by atoms with E-state index >= 15 is 0 Å². The Kier molecular flexibility index (Phi) is 8.20. The molecule has 0 saturated heterocycles. The van der Waals surface area contributed by atoms with Gasteiger partial charge in [0.05, 0.1) is 0 Å². The lowest BCUT2D eigenvalue weighted by Crippen LogP contribution is -2.13. The van der Waals surface area contributed by atoms with Gasteiger partial charge in [0.15, 0.2) is 0 Å². The Bertz CT molecular complexity index is 679. The minimum atomic E-state index is -1.20. The summed E-state index contributed by atoms with van der Waals surface area (Å²) in [5.74, 6) is 0. The van der Waals surface area contributed by atoms with E-state index < -0.39 is 12.3 Å². The zero-order valence-electron chi connectivity index (χ0n) is 15.9. The second kappa shape index (κ2) is 10.6. The van der Waals surface area contributed by atoms with Crippen molar-refractivity contribution in [2.75, 3.05) is 0 Å². The maximum absolute atomic E-state index is 11.3. The van der Waals surface area contributed by atoms with Gasteiger partial charge in [0.25, 0.3) is 0 Å². The Labute approximate surface area is 157 Å². The molecule has 0 radical (unpaired) electrons. The molecular weight excluding hydrogens is 324 g/mol. The van der Waals surface area contributed by atoms with Crippen LogP contribution in [0.2, 0.25) is 0 Å². The van der Waals surface area contributed by atoms with Crippen LogP contribution in [0.4, 0.5) is 4.79 Å². The molecule has 2 aromatic carbocycles. The van der Waals surface area contributed by atoms with Crippen LogP contribution >= 0.6 is 0 Å². The zero-order chi connectivity index (χ0) is 18.8. The Morgan fingerprint density at radius 1 is 0.962 bits per heavy atom. The van der Waals surface area contributed by atoms with Crippen LogP contribution in [-0.2, 0) is 24.0 Å². The number of hydrogen-bond acceptors (Lipinski definition) is 2. The van der Waals surface area contributed by atoms with Crippen molar-refractivity contribution in [2.45, 2.75) is 64.9 Å². The van der Waals surface area contributed by atoms with Crippen LogP contribution in [0.15, 0.2) is 48.5 Å². The first-order chi connectivity index (χ1) is 12.7. The zero-order valence-corrected chi connectivity index (χ0v) is 15.9. The molecule has 2 aromatic rings. The highest BCUT2D eigenvalue weighted by Crippen LogP contribution is 2.30. The topological polar surface area (TPSA) is 46.5 Å². The molecule has 0 amide bonds. The van der Waals surface area contributed by atoms with Gasteiger partial charge in [-0.05, 0) is 54.4 Å². The van der Waals surface area contributed by atoms with Crippen molar-refractivity contribution in [1.82, 2.24) is 0 Å². The lowest BCUT2D eigenvalue weighted by atomic mass is 9.90. The number of rotatable bonds is 10. The lowest BCUT2D eigenvalue weighted by Gasteiger charge is -2.22. The molecule has 1 N–H and O–H groups in total. The fourth-order valence-electron chi connectivity index (χ4n) is 3.55. The van der Waals surface area contributed by atoms with Crippen molar-refractivity contribution in [3.8, 4) is 0 Å². The van der Waals surface area contributed by atoms with Gasteiger partial charge in [-0.1, -0.05) is 75.2 Å². The van der Waals surface area contributed by atoms with Crippen molar-refractivity contribution < 1.29 is 14.6 Å². The van der Waals surface area contributed by atoms with Crippen LogP contribution < -0.4 is 0 Å². The molecule has 3 heteroatoms. The minimum absolute atomic E-state index is 0.394. The molecule has 0 aliphatic carbocycles. The van der Waals surface area contributed by atoms with E-state index in [1.807, 2.05) is 30.3 Å². The van der Waals surface area contributed by atoms with Gasteiger partial charge in [-0.3, -0.25) is 0 Å². The number of ether oxygens (including phenoxy) is 1. The van der Waals surface area contributed by atoms with Crippen molar-refractivity contribution >= 4 is 6.16 Å². The molecule has 0 bridgehead atoms. The third-order valence-corrected chi connectivity index (χ3v) is 4.69. The van der Waals surface area contributed by atoms with E-state index in [1.54, 1.807) is 0 Å². The molecule has 0 aliphatic heterocycles. The summed E-state index contributed by atoms with van der Waals surface area (Å²) in [5.41, 5.74) is 4.93. The van der Waals surface area contributed by atoms with Crippen LogP contribution in [0.1, 0.15) is 67.9 Å².